The number of aromatic nitrogens is 6. The number of benzene rings is 4. The first-order chi connectivity index (χ1) is 60.0. The Morgan fingerprint density at radius 1 is 0.460 bits per heavy atom. The number of hydrogen-bond donors (Lipinski definition) is 3. The number of methoxy groups -OCH3 is 2. The smallest absolute Gasteiger partial charge is 0.338 e. The lowest BCUT2D eigenvalue weighted by Gasteiger charge is -2.42. The maximum absolute atomic E-state index is 13.2. The Hall–Kier alpha value is -11.6. The van der Waals surface area contributed by atoms with Crippen molar-refractivity contribution in [2.24, 2.45) is 19.8 Å². The number of fused-ring (bicyclic) bond motifs is 7. The summed E-state index contributed by atoms with van der Waals surface area (Å²) in [5.74, 6) is -1.50. The summed E-state index contributed by atoms with van der Waals surface area (Å²) in [6.45, 7) is 12.1. The van der Waals surface area contributed by atoms with E-state index < -0.39 is 47.7 Å². The first-order valence-electron chi connectivity index (χ1n) is 43.8. The van der Waals surface area contributed by atoms with E-state index >= 15 is 0 Å². The lowest BCUT2D eigenvalue weighted by Crippen LogP contribution is -2.54. The summed E-state index contributed by atoms with van der Waals surface area (Å²) in [4.78, 5) is 120. The lowest BCUT2D eigenvalue weighted by atomic mass is 9.88. The monoisotopic (exact) mass is 1690 g/mol. The summed E-state index contributed by atoms with van der Waals surface area (Å²) < 4.78 is 51.6. The number of rotatable bonds is 29. The van der Waals surface area contributed by atoms with Crippen molar-refractivity contribution in [3.05, 3.63) is 169 Å². The third-order valence-electron chi connectivity index (χ3n) is 25.4. The van der Waals surface area contributed by atoms with Crippen LogP contribution >= 0.6 is 0 Å². The number of ether oxygens (including phenoxy) is 8. The van der Waals surface area contributed by atoms with Gasteiger partial charge in [0.25, 0.3) is 11.8 Å². The summed E-state index contributed by atoms with van der Waals surface area (Å²) in [5, 5.41) is 9.07. The molecule has 17 rings (SSSR count). The Labute approximate surface area is 721 Å². The fourth-order valence-electron chi connectivity index (χ4n) is 18.4. The number of piperidine rings is 2. The average Bonchev–Trinajstić information content (AvgIpc) is 1.62. The molecule has 0 spiro atoms. The van der Waals surface area contributed by atoms with Gasteiger partial charge in [0.1, 0.15) is 29.7 Å². The molecule has 28 heteroatoms. The molecule has 0 bridgehead atoms. The summed E-state index contributed by atoms with van der Waals surface area (Å²) in [6.07, 6.45) is 29.7. The summed E-state index contributed by atoms with van der Waals surface area (Å²) in [7, 11) is 6.75. The van der Waals surface area contributed by atoms with E-state index in [0.717, 1.165) is 154 Å². The minimum Gasteiger partial charge on any atom is -0.494 e. The molecule has 6 aromatic heterocycles. The number of nitrogens with zero attached hydrogens (tertiary/aromatic N) is 9. The Kier molecular flexibility index (Phi) is 27.8. The van der Waals surface area contributed by atoms with E-state index in [1.165, 1.54) is 53.1 Å². The molecule has 7 aliphatic rings. The average molecular weight is 1690 g/mol. The van der Waals surface area contributed by atoms with Gasteiger partial charge in [-0.15, -0.1) is 0 Å². The van der Waals surface area contributed by atoms with E-state index in [1.807, 2.05) is 49.3 Å². The molecule has 10 aromatic rings. The number of imide groups is 3. The van der Waals surface area contributed by atoms with Crippen LogP contribution in [0.15, 0.2) is 146 Å². The van der Waals surface area contributed by atoms with Crippen LogP contribution in [-0.4, -0.2) is 205 Å². The second-order valence-corrected chi connectivity index (χ2v) is 34.1. The molecular weight excluding hydrogens is 1580 g/mol. The first kappa shape index (κ1) is 87.3. The highest BCUT2D eigenvalue weighted by Crippen LogP contribution is 2.40. The summed E-state index contributed by atoms with van der Waals surface area (Å²) in [6, 6.07) is 35.4. The number of esters is 2. The zero-order valence-electron chi connectivity index (χ0n) is 71.9. The molecular formula is C96H112N12O16. The van der Waals surface area contributed by atoms with Gasteiger partial charge < -0.3 is 52.8 Å². The van der Waals surface area contributed by atoms with Crippen molar-refractivity contribution in [2.75, 3.05) is 40.5 Å². The van der Waals surface area contributed by atoms with Gasteiger partial charge in [0.2, 0.25) is 35.4 Å². The van der Waals surface area contributed by atoms with Gasteiger partial charge in [0.05, 0.1) is 91.2 Å². The predicted molar refractivity (Wildman–Crippen MR) is 468 cm³/mol. The second-order valence-electron chi connectivity index (χ2n) is 34.1. The Balaban J connectivity index is 0.000000175. The molecule has 6 amide bonds. The summed E-state index contributed by atoms with van der Waals surface area (Å²) in [5.41, 5.74) is 15.1. The van der Waals surface area contributed by atoms with Crippen LogP contribution in [0, 0.1) is 0 Å². The van der Waals surface area contributed by atoms with Crippen LogP contribution in [-0.2, 0) is 52.2 Å². The van der Waals surface area contributed by atoms with Gasteiger partial charge in [-0.2, -0.15) is 0 Å². The molecule has 9 heterocycles. The minimum atomic E-state index is -0.987. The molecule has 652 valence electrons. The van der Waals surface area contributed by atoms with Crippen molar-refractivity contribution in [3.63, 3.8) is 0 Å². The van der Waals surface area contributed by atoms with Crippen molar-refractivity contribution in [1.29, 1.82) is 0 Å². The largest absolute Gasteiger partial charge is 0.494 e. The lowest BCUT2D eigenvalue weighted by molar-refractivity contribution is -0.137. The fourth-order valence-corrected chi connectivity index (χ4v) is 18.4. The van der Waals surface area contributed by atoms with Crippen LogP contribution < -0.4 is 35.3 Å². The van der Waals surface area contributed by atoms with E-state index in [2.05, 4.69) is 152 Å². The topological polar surface area (TPSA) is 332 Å². The third kappa shape index (κ3) is 20.1. The molecule has 2 atom stereocenters. The highest BCUT2D eigenvalue weighted by atomic mass is 16.5. The van der Waals surface area contributed by atoms with Gasteiger partial charge in [0, 0.05) is 170 Å². The van der Waals surface area contributed by atoms with Gasteiger partial charge in [-0.3, -0.25) is 64.1 Å². The third-order valence-corrected chi connectivity index (χ3v) is 25.4. The highest BCUT2D eigenvalue weighted by Gasteiger charge is 2.45. The van der Waals surface area contributed by atoms with Crippen LogP contribution in [0.3, 0.4) is 0 Å². The maximum Gasteiger partial charge on any atom is 0.338 e. The Morgan fingerprint density at radius 3 is 1.38 bits per heavy atom. The number of aryl methyl sites for hydroxylation is 2. The van der Waals surface area contributed by atoms with Gasteiger partial charge in [-0.05, 0) is 215 Å². The number of nitrogens with one attached hydrogen (secondary N) is 2. The van der Waals surface area contributed by atoms with E-state index in [9.17, 15) is 38.4 Å². The number of unbranched alkanes of at least 4 members (excludes halogenated alkanes) is 2. The number of pyridine rings is 4. The highest BCUT2D eigenvalue weighted by molar-refractivity contribution is 6.23. The van der Waals surface area contributed by atoms with Crippen LogP contribution in [0.1, 0.15) is 198 Å². The standard InChI is InChI=1S/C47H52N6O7.C44H52N4O7.C5H8N2O2/c1-28(2)52(20-4-5-21-58-33-12-14-37-38(25-33)47(57)53(46(37)56)41-15-16-43(54)50-45(41)55)31-8-10-32(11-9-31)59-34-23-35(24-34)60-44-17-7-30(26-49-44)29-6-13-36-39-27-48-19-18-40(39)51(3)42(36)22-29;1-28(2)48(20-6-7-21-53-33-14-16-37(43(49)51-4)38(25-33)44(50)52-5)31-10-12-32(13-11-31)54-34-23-35(24-34)55-42-17-9-30(26-46-42)29-8-15-36-39-27-45-19-18-40(39)47(3)41(36)22-29;6-3-1-2-4(8)7-5(3)9/h6-7,12-14,17-19,22,25-28,31-32,34-35,41H,4-5,8-11,15-16,20-21,23-24H2,1-3H3,(H,50,54,55);8-9,14-19,22,25-28,31-32,34-35H,6-7,10-13,20-21,23-24H2,1-5H3;3H,1-2,6H2,(H,7,8,9). The van der Waals surface area contributed by atoms with Gasteiger partial charge in [-0.1, -0.05) is 24.3 Å². The zero-order valence-corrected chi connectivity index (χ0v) is 71.9. The SMILES string of the molecule is CC(C)N(CCCCOc1ccc2c(c1)C(=O)N(C1CCC(=O)NC1=O)C2=O)C1CCC(OC2CC(Oc3ccc(-c4ccc5c6cnccc6n(C)c5c4)cn3)C2)CC1.COC(=O)c1ccc(OCCCCN(C(C)C)C2CCC(OC3CC(Oc4ccc(-c5ccc6c7cnccc7n(C)c6c5)cn4)C3)CC2)cc1C(=O)OC.NC1CCC(=O)NC1=O. The number of carbonyl (C=O) groups is 8. The molecule has 4 saturated carbocycles. The molecule has 6 fully saturated rings. The van der Waals surface area contributed by atoms with Crippen molar-refractivity contribution in [2.45, 2.75) is 229 Å². The number of nitrogens with two attached hydrogens (primary N) is 1. The molecule has 28 nitrogen and oxygen atoms in total. The molecule has 4 aromatic carbocycles. The molecule has 2 unspecified atom stereocenters. The number of amides is 6. The van der Waals surface area contributed by atoms with Crippen molar-refractivity contribution in [3.8, 4) is 45.5 Å². The quantitative estimate of drug-likeness (QED) is 0.0223. The Bertz CT molecular complexity index is 5530. The van der Waals surface area contributed by atoms with E-state index in [-0.39, 0.29) is 77.4 Å². The zero-order chi connectivity index (χ0) is 86.8. The van der Waals surface area contributed by atoms with Gasteiger partial charge >= 0.3 is 11.9 Å². The van der Waals surface area contributed by atoms with E-state index in [4.69, 9.17) is 43.6 Å². The molecule has 124 heavy (non-hydrogen) atoms. The van der Waals surface area contributed by atoms with Crippen LogP contribution in [0.4, 0.5) is 0 Å². The molecule has 2 saturated heterocycles. The van der Waals surface area contributed by atoms with Crippen LogP contribution in [0.2, 0.25) is 0 Å². The van der Waals surface area contributed by atoms with Gasteiger partial charge in [0.15, 0.2) is 0 Å². The van der Waals surface area contributed by atoms with Crippen LogP contribution in [0.25, 0.3) is 65.9 Å². The number of carbonyl (C=O) groups excluding carboxylic acids is 8. The van der Waals surface area contributed by atoms with Crippen molar-refractivity contribution < 1.29 is 76.3 Å². The Morgan fingerprint density at radius 2 is 0.919 bits per heavy atom. The first-order valence-corrected chi connectivity index (χ1v) is 43.8. The summed E-state index contributed by atoms with van der Waals surface area (Å²) >= 11 is 0. The molecule has 4 aliphatic carbocycles. The van der Waals surface area contributed by atoms with E-state index in [1.54, 1.807) is 30.3 Å². The van der Waals surface area contributed by atoms with Gasteiger partial charge in [-0.25, -0.2) is 19.6 Å². The fraction of sp³-hybridized carbons (Fsp3) is 0.458. The minimum absolute atomic E-state index is 0.0848. The normalized spacial score (nSPS) is 22.0. The van der Waals surface area contributed by atoms with Crippen LogP contribution in [0.5, 0.6) is 23.3 Å². The molecule has 4 N–H and O–H groups in total. The maximum atomic E-state index is 13.2. The molecule has 3 aliphatic heterocycles. The second kappa shape index (κ2) is 39.5. The van der Waals surface area contributed by atoms with Crippen molar-refractivity contribution >= 4 is 91.0 Å². The number of hydrogen-bond acceptors (Lipinski definition) is 23. The molecule has 0 radical (unpaired) electrons. The predicted octanol–water partition coefficient (Wildman–Crippen LogP) is 13.9. The van der Waals surface area contributed by atoms with Crippen molar-refractivity contribution in [1.82, 2.24) is 54.4 Å². The van der Waals surface area contributed by atoms with E-state index in [0.29, 0.717) is 79.6 Å².